The predicted octanol–water partition coefficient (Wildman–Crippen LogP) is 5.52. The number of rotatable bonds is 2. The summed E-state index contributed by atoms with van der Waals surface area (Å²) < 4.78 is 0. The van der Waals surface area contributed by atoms with Gasteiger partial charge in [-0.15, -0.1) is 11.6 Å². The normalized spacial score (nSPS) is 40.1. The Morgan fingerprint density at radius 2 is 1.73 bits per heavy atom. The molecule has 0 aromatic heterocycles. The third-order valence-electron chi connectivity index (χ3n) is 7.07. The SMILES string of the molecule is CC1(C)C(=O)N([C@H]2C3CC4CC2C[C@](Cl)(C4)C3)N1c1cccc(Cl)c1Cl. The van der Waals surface area contributed by atoms with Gasteiger partial charge in [-0.25, -0.2) is 5.01 Å². The zero-order valence-electron chi connectivity index (χ0n) is 15.0. The molecule has 1 aromatic rings. The van der Waals surface area contributed by atoms with Crippen LogP contribution in [0.2, 0.25) is 10.0 Å². The molecule has 0 N–H and O–H groups in total. The molecule has 5 aliphatic rings. The van der Waals surface area contributed by atoms with Crippen LogP contribution in [0.3, 0.4) is 0 Å². The maximum absolute atomic E-state index is 13.1. The summed E-state index contributed by atoms with van der Waals surface area (Å²) >= 11 is 19.7. The standard InChI is InChI=1S/C20H23Cl3N2O/c1-19(2)18(26)24(25(19)15-5-3-4-14(21)16(15)22)17-12-6-11-7-13(17)10-20(23,8-11)9-12/h3-5,11-13,17H,6-10H2,1-2H3/t11?,12?,13?,17-,20-. The van der Waals surface area contributed by atoms with Gasteiger partial charge < -0.3 is 0 Å². The number of hydrogen-bond acceptors (Lipinski definition) is 2. The van der Waals surface area contributed by atoms with E-state index in [1.54, 1.807) is 6.07 Å². The largest absolute Gasteiger partial charge is 0.270 e. The van der Waals surface area contributed by atoms with Crippen molar-refractivity contribution in [2.45, 2.75) is 62.4 Å². The second-order valence-electron chi connectivity index (χ2n) is 9.20. The van der Waals surface area contributed by atoms with E-state index in [2.05, 4.69) is 5.01 Å². The number of amides is 1. The van der Waals surface area contributed by atoms with Crippen LogP contribution in [0.15, 0.2) is 18.2 Å². The van der Waals surface area contributed by atoms with Crippen molar-refractivity contribution >= 4 is 46.4 Å². The van der Waals surface area contributed by atoms with Gasteiger partial charge in [-0.3, -0.25) is 9.80 Å². The number of hydrazine groups is 1. The van der Waals surface area contributed by atoms with Gasteiger partial charge in [-0.1, -0.05) is 29.3 Å². The topological polar surface area (TPSA) is 23.6 Å². The molecular formula is C20H23Cl3N2O. The van der Waals surface area contributed by atoms with E-state index >= 15 is 0 Å². The van der Waals surface area contributed by atoms with E-state index in [0.717, 1.165) is 30.9 Å². The van der Waals surface area contributed by atoms with Crippen LogP contribution in [0.4, 0.5) is 5.69 Å². The molecule has 4 aliphatic carbocycles. The Morgan fingerprint density at radius 1 is 1.08 bits per heavy atom. The van der Waals surface area contributed by atoms with Gasteiger partial charge in [0, 0.05) is 4.87 Å². The van der Waals surface area contributed by atoms with E-state index in [4.69, 9.17) is 34.8 Å². The van der Waals surface area contributed by atoms with Gasteiger partial charge in [0.05, 0.1) is 21.8 Å². The molecule has 140 valence electrons. The molecule has 2 unspecified atom stereocenters. The van der Waals surface area contributed by atoms with Crippen LogP contribution in [0.1, 0.15) is 46.0 Å². The maximum atomic E-state index is 13.1. The van der Waals surface area contributed by atoms with E-state index in [-0.39, 0.29) is 16.8 Å². The van der Waals surface area contributed by atoms with Crippen molar-refractivity contribution in [3.05, 3.63) is 28.2 Å². The first-order valence-corrected chi connectivity index (χ1v) is 10.6. The fraction of sp³-hybridized carbons (Fsp3) is 0.650. The summed E-state index contributed by atoms with van der Waals surface area (Å²) in [6.45, 7) is 3.92. The van der Waals surface area contributed by atoms with E-state index in [9.17, 15) is 4.79 Å². The molecule has 3 nitrogen and oxygen atoms in total. The van der Waals surface area contributed by atoms with Crippen LogP contribution in [0, 0.1) is 17.8 Å². The first kappa shape index (κ1) is 17.5. The molecule has 1 aromatic carbocycles. The van der Waals surface area contributed by atoms with E-state index < -0.39 is 5.54 Å². The smallest absolute Gasteiger partial charge is 0.268 e. The van der Waals surface area contributed by atoms with Gasteiger partial charge in [0.1, 0.15) is 5.54 Å². The first-order chi connectivity index (χ1) is 12.2. The van der Waals surface area contributed by atoms with Crippen LogP contribution in [-0.4, -0.2) is 27.4 Å². The zero-order valence-corrected chi connectivity index (χ0v) is 17.3. The first-order valence-electron chi connectivity index (χ1n) is 9.48. The summed E-state index contributed by atoms with van der Waals surface area (Å²) in [6.07, 6.45) is 5.58. The summed E-state index contributed by atoms with van der Waals surface area (Å²) in [5.74, 6) is 1.88. The summed E-state index contributed by atoms with van der Waals surface area (Å²) in [5.41, 5.74) is 0.208. The zero-order chi connectivity index (χ0) is 18.4. The van der Waals surface area contributed by atoms with Gasteiger partial charge in [0.25, 0.3) is 5.91 Å². The number of nitrogens with zero attached hydrogens (tertiary/aromatic N) is 2. The van der Waals surface area contributed by atoms with Crippen molar-refractivity contribution in [3.63, 3.8) is 0 Å². The second-order valence-corrected chi connectivity index (χ2v) is 10.8. The number of carbonyl (C=O) groups is 1. The lowest BCUT2D eigenvalue weighted by molar-refractivity contribution is -0.169. The molecule has 1 saturated heterocycles. The van der Waals surface area contributed by atoms with Crippen LogP contribution in [0.5, 0.6) is 0 Å². The molecule has 0 radical (unpaired) electrons. The Bertz CT molecular complexity index is 779. The average Bonchev–Trinajstić information content (AvgIpc) is 2.55. The molecule has 1 heterocycles. The molecule has 4 bridgehead atoms. The Kier molecular flexibility index (Phi) is 3.66. The minimum atomic E-state index is -0.609. The molecule has 5 fully saturated rings. The Balaban J connectivity index is 1.54. The van der Waals surface area contributed by atoms with Crippen molar-refractivity contribution < 1.29 is 4.79 Å². The monoisotopic (exact) mass is 412 g/mol. The molecule has 4 saturated carbocycles. The van der Waals surface area contributed by atoms with Crippen LogP contribution < -0.4 is 5.01 Å². The number of anilines is 1. The maximum Gasteiger partial charge on any atom is 0.268 e. The van der Waals surface area contributed by atoms with Crippen molar-refractivity contribution in [2.75, 3.05) is 5.01 Å². The van der Waals surface area contributed by atoms with Gasteiger partial charge >= 0.3 is 0 Å². The molecule has 6 rings (SSSR count). The minimum absolute atomic E-state index is 0.0328. The van der Waals surface area contributed by atoms with Crippen molar-refractivity contribution in [2.24, 2.45) is 17.8 Å². The molecule has 2 atom stereocenters. The molecular weight excluding hydrogens is 391 g/mol. The minimum Gasteiger partial charge on any atom is -0.270 e. The van der Waals surface area contributed by atoms with E-state index in [1.807, 2.05) is 31.0 Å². The number of alkyl halides is 1. The Morgan fingerprint density at radius 3 is 2.35 bits per heavy atom. The third kappa shape index (κ3) is 2.23. The van der Waals surface area contributed by atoms with Crippen LogP contribution in [-0.2, 0) is 4.79 Å². The lowest BCUT2D eigenvalue weighted by Gasteiger charge is -2.67. The highest BCUT2D eigenvalue weighted by atomic mass is 35.5. The summed E-state index contributed by atoms with van der Waals surface area (Å²) in [6, 6.07) is 5.86. The predicted molar refractivity (Wildman–Crippen MR) is 106 cm³/mol. The molecule has 0 spiro atoms. The van der Waals surface area contributed by atoms with Crippen LogP contribution in [0.25, 0.3) is 0 Å². The summed E-state index contributed by atoms with van der Waals surface area (Å²) in [7, 11) is 0. The highest BCUT2D eigenvalue weighted by Gasteiger charge is 2.63. The third-order valence-corrected chi connectivity index (χ3v) is 8.34. The van der Waals surface area contributed by atoms with Gasteiger partial charge in [0.2, 0.25) is 0 Å². The van der Waals surface area contributed by atoms with Crippen molar-refractivity contribution in [1.82, 2.24) is 5.01 Å². The Labute approximate surface area is 169 Å². The number of benzene rings is 1. The second kappa shape index (κ2) is 5.46. The molecule has 1 aliphatic heterocycles. The van der Waals surface area contributed by atoms with Gasteiger partial charge in [-0.2, -0.15) is 0 Å². The highest BCUT2D eigenvalue weighted by molar-refractivity contribution is 6.43. The number of carbonyl (C=O) groups excluding carboxylic acids is 1. The highest BCUT2D eigenvalue weighted by Crippen LogP contribution is 2.61. The quantitative estimate of drug-likeness (QED) is 0.596. The molecule has 1 amide bonds. The summed E-state index contributed by atoms with van der Waals surface area (Å²) in [5, 5.41) is 5.10. The Hall–Kier alpha value is -0.640. The van der Waals surface area contributed by atoms with E-state index in [1.165, 1.54) is 12.8 Å². The van der Waals surface area contributed by atoms with Crippen LogP contribution >= 0.6 is 34.8 Å². The number of hydrogen-bond donors (Lipinski definition) is 0. The molecule has 6 heteroatoms. The summed E-state index contributed by atoms with van der Waals surface area (Å²) in [4.78, 5) is 13.1. The van der Waals surface area contributed by atoms with Crippen molar-refractivity contribution in [3.8, 4) is 0 Å². The lowest BCUT2D eigenvalue weighted by Crippen LogP contribution is -2.80. The van der Waals surface area contributed by atoms with Gasteiger partial charge in [0.15, 0.2) is 0 Å². The fourth-order valence-electron chi connectivity index (χ4n) is 6.33. The van der Waals surface area contributed by atoms with Crippen molar-refractivity contribution in [1.29, 1.82) is 0 Å². The van der Waals surface area contributed by atoms with Gasteiger partial charge in [-0.05, 0) is 75.8 Å². The fourth-order valence-corrected chi connectivity index (χ4v) is 7.32. The average molecular weight is 414 g/mol. The van der Waals surface area contributed by atoms with E-state index in [0.29, 0.717) is 21.9 Å². The number of halogens is 3. The molecule has 26 heavy (non-hydrogen) atoms. The lowest BCUT2D eigenvalue weighted by atomic mass is 9.53.